The van der Waals surface area contributed by atoms with Crippen molar-refractivity contribution in [3.05, 3.63) is 84.1 Å². The number of ether oxygens (including phenoxy) is 1. The number of anilines is 2. The standard InChI is InChI=1S/C21H21N3O2/c1-26-19-10-7-16(8-11-19)13-21(25)24-20-12-9-18(15-23-20)22-14-17-5-3-2-4-6-17/h2-12,15,22H,13-14H2,1H3,(H,23,24,25). The van der Waals surface area contributed by atoms with Crippen LogP contribution in [0.2, 0.25) is 0 Å². The Morgan fingerprint density at radius 1 is 0.962 bits per heavy atom. The summed E-state index contributed by atoms with van der Waals surface area (Å²) in [7, 11) is 1.62. The topological polar surface area (TPSA) is 63.2 Å². The molecule has 0 saturated carbocycles. The van der Waals surface area contributed by atoms with Crippen molar-refractivity contribution in [1.82, 2.24) is 4.98 Å². The number of benzene rings is 2. The van der Waals surface area contributed by atoms with Crippen LogP contribution in [0.3, 0.4) is 0 Å². The highest BCUT2D eigenvalue weighted by Crippen LogP contribution is 2.14. The third-order valence-corrected chi connectivity index (χ3v) is 3.89. The number of hydrogen-bond acceptors (Lipinski definition) is 4. The first-order valence-electron chi connectivity index (χ1n) is 8.39. The maximum atomic E-state index is 12.1. The summed E-state index contributed by atoms with van der Waals surface area (Å²) in [4.78, 5) is 16.4. The van der Waals surface area contributed by atoms with Crippen LogP contribution < -0.4 is 15.4 Å². The molecule has 1 heterocycles. The number of carbonyl (C=O) groups is 1. The van der Waals surface area contributed by atoms with Crippen LogP contribution in [0.4, 0.5) is 11.5 Å². The van der Waals surface area contributed by atoms with Gasteiger partial charge in [-0.05, 0) is 35.4 Å². The first-order chi connectivity index (χ1) is 12.7. The zero-order valence-corrected chi connectivity index (χ0v) is 14.6. The zero-order valence-electron chi connectivity index (χ0n) is 14.6. The summed E-state index contributed by atoms with van der Waals surface area (Å²) in [5.74, 6) is 1.20. The van der Waals surface area contributed by atoms with Crippen molar-refractivity contribution in [2.24, 2.45) is 0 Å². The van der Waals surface area contributed by atoms with Crippen molar-refractivity contribution in [3.8, 4) is 5.75 Å². The Morgan fingerprint density at radius 2 is 1.73 bits per heavy atom. The molecule has 2 aromatic carbocycles. The second-order valence-electron chi connectivity index (χ2n) is 5.84. The second-order valence-corrected chi connectivity index (χ2v) is 5.84. The molecule has 0 aliphatic carbocycles. The fourth-order valence-electron chi connectivity index (χ4n) is 2.49. The van der Waals surface area contributed by atoms with Crippen molar-refractivity contribution in [1.29, 1.82) is 0 Å². The normalized spacial score (nSPS) is 10.2. The molecule has 0 aliphatic heterocycles. The molecule has 2 N–H and O–H groups in total. The van der Waals surface area contributed by atoms with Gasteiger partial charge in [0.25, 0.3) is 0 Å². The van der Waals surface area contributed by atoms with E-state index in [1.165, 1.54) is 5.56 Å². The van der Waals surface area contributed by atoms with Crippen LogP contribution in [0, 0.1) is 0 Å². The highest BCUT2D eigenvalue weighted by atomic mass is 16.5. The van der Waals surface area contributed by atoms with E-state index in [0.29, 0.717) is 12.2 Å². The van der Waals surface area contributed by atoms with Crippen LogP contribution in [0.5, 0.6) is 5.75 Å². The molecule has 0 bridgehead atoms. The van der Waals surface area contributed by atoms with Crippen molar-refractivity contribution < 1.29 is 9.53 Å². The van der Waals surface area contributed by atoms with E-state index in [9.17, 15) is 4.79 Å². The summed E-state index contributed by atoms with van der Waals surface area (Å²) in [6.45, 7) is 0.728. The van der Waals surface area contributed by atoms with Gasteiger partial charge in [-0.25, -0.2) is 4.98 Å². The molecule has 0 fully saturated rings. The highest BCUT2D eigenvalue weighted by Gasteiger charge is 2.05. The Balaban J connectivity index is 1.50. The Morgan fingerprint density at radius 3 is 2.38 bits per heavy atom. The number of hydrogen-bond donors (Lipinski definition) is 2. The Bertz CT molecular complexity index is 831. The summed E-state index contributed by atoms with van der Waals surface area (Å²) in [6.07, 6.45) is 2.01. The highest BCUT2D eigenvalue weighted by molar-refractivity contribution is 5.91. The molecule has 1 amide bonds. The third kappa shape index (κ3) is 5.08. The molecule has 0 radical (unpaired) electrons. The van der Waals surface area contributed by atoms with Gasteiger partial charge in [0.1, 0.15) is 11.6 Å². The predicted molar refractivity (Wildman–Crippen MR) is 103 cm³/mol. The van der Waals surface area contributed by atoms with Crippen molar-refractivity contribution in [2.45, 2.75) is 13.0 Å². The Kier molecular flexibility index (Phi) is 5.83. The van der Waals surface area contributed by atoms with Gasteiger partial charge in [0.2, 0.25) is 5.91 Å². The molecule has 1 aromatic heterocycles. The van der Waals surface area contributed by atoms with Crippen LogP contribution >= 0.6 is 0 Å². The number of carbonyl (C=O) groups excluding carboxylic acids is 1. The molecule has 0 atom stereocenters. The number of methoxy groups -OCH3 is 1. The lowest BCUT2D eigenvalue weighted by molar-refractivity contribution is -0.115. The van der Waals surface area contributed by atoms with Gasteiger partial charge in [0.05, 0.1) is 25.4 Å². The predicted octanol–water partition coefficient (Wildman–Crippen LogP) is 3.88. The molecule has 26 heavy (non-hydrogen) atoms. The number of amides is 1. The van der Waals surface area contributed by atoms with Gasteiger partial charge in [-0.15, -0.1) is 0 Å². The van der Waals surface area contributed by atoms with Gasteiger partial charge in [-0.3, -0.25) is 4.79 Å². The SMILES string of the molecule is COc1ccc(CC(=O)Nc2ccc(NCc3ccccc3)cn2)cc1. The Labute approximate surface area is 153 Å². The molecule has 0 saturated heterocycles. The van der Waals surface area contributed by atoms with Gasteiger partial charge in [0, 0.05) is 6.54 Å². The Hall–Kier alpha value is -3.34. The van der Waals surface area contributed by atoms with E-state index in [0.717, 1.165) is 23.5 Å². The number of aromatic nitrogens is 1. The van der Waals surface area contributed by atoms with Crippen molar-refractivity contribution in [3.63, 3.8) is 0 Å². The van der Waals surface area contributed by atoms with Crippen LogP contribution in [0.15, 0.2) is 72.9 Å². The lowest BCUT2D eigenvalue weighted by Crippen LogP contribution is -2.15. The lowest BCUT2D eigenvalue weighted by atomic mass is 10.1. The first-order valence-corrected chi connectivity index (χ1v) is 8.39. The minimum Gasteiger partial charge on any atom is -0.497 e. The fourth-order valence-corrected chi connectivity index (χ4v) is 2.49. The van der Waals surface area contributed by atoms with Crippen molar-refractivity contribution in [2.75, 3.05) is 17.7 Å². The van der Waals surface area contributed by atoms with Crippen LogP contribution in [0.25, 0.3) is 0 Å². The van der Waals surface area contributed by atoms with E-state index in [4.69, 9.17) is 4.74 Å². The fraction of sp³-hybridized carbons (Fsp3) is 0.143. The molecular formula is C21H21N3O2. The molecular weight excluding hydrogens is 326 g/mol. The van der Waals surface area contributed by atoms with Gasteiger partial charge in [-0.1, -0.05) is 42.5 Å². The first kappa shape index (κ1) is 17.5. The molecule has 0 spiro atoms. The van der Waals surface area contributed by atoms with E-state index in [2.05, 4.69) is 27.8 Å². The van der Waals surface area contributed by atoms with Crippen LogP contribution in [-0.4, -0.2) is 18.0 Å². The van der Waals surface area contributed by atoms with Crippen molar-refractivity contribution >= 4 is 17.4 Å². The summed E-state index contributed by atoms with van der Waals surface area (Å²) in [5.41, 5.74) is 3.02. The summed E-state index contributed by atoms with van der Waals surface area (Å²) < 4.78 is 5.11. The molecule has 0 unspecified atom stereocenters. The molecule has 3 aromatic rings. The number of nitrogens with zero attached hydrogens (tertiary/aromatic N) is 1. The lowest BCUT2D eigenvalue weighted by Gasteiger charge is -2.08. The minimum atomic E-state index is -0.104. The minimum absolute atomic E-state index is 0.104. The van der Waals surface area contributed by atoms with E-state index < -0.39 is 0 Å². The van der Waals surface area contributed by atoms with E-state index in [-0.39, 0.29) is 5.91 Å². The maximum absolute atomic E-state index is 12.1. The van der Waals surface area contributed by atoms with Gasteiger partial charge in [-0.2, -0.15) is 0 Å². The average molecular weight is 347 g/mol. The summed E-state index contributed by atoms with van der Waals surface area (Å²) in [6, 6.07) is 21.3. The van der Waals surface area contributed by atoms with E-state index in [1.807, 2.05) is 48.5 Å². The van der Waals surface area contributed by atoms with Crippen LogP contribution in [-0.2, 0) is 17.8 Å². The molecule has 5 nitrogen and oxygen atoms in total. The summed E-state index contributed by atoms with van der Waals surface area (Å²) in [5, 5.41) is 6.12. The van der Waals surface area contributed by atoms with E-state index in [1.54, 1.807) is 19.4 Å². The monoisotopic (exact) mass is 347 g/mol. The van der Waals surface area contributed by atoms with Gasteiger partial charge < -0.3 is 15.4 Å². The van der Waals surface area contributed by atoms with E-state index >= 15 is 0 Å². The number of rotatable bonds is 7. The van der Waals surface area contributed by atoms with Crippen LogP contribution in [0.1, 0.15) is 11.1 Å². The third-order valence-electron chi connectivity index (χ3n) is 3.89. The number of nitrogens with one attached hydrogen (secondary N) is 2. The van der Waals surface area contributed by atoms with Gasteiger partial charge in [0.15, 0.2) is 0 Å². The second kappa shape index (κ2) is 8.67. The quantitative estimate of drug-likeness (QED) is 0.681. The average Bonchev–Trinajstić information content (AvgIpc) is 2.69. The molecule has 3 rings (SSSR count). The summed E-state index contributed by atoms with van der Waals surface area (Å²) >= 11 is 0. The molecule has 132 valence electrons. The van der Waals surface area contributed by atoms with Gasteiger partial charge >= 0.3 is 0 Å². The smallest absolute Gasteiger partial charge is 0.229 e. The zero-order chi connectivity index (χ0) is 18.2. The molecule has 5 heteroatoms. The molecule has 0 aliphatic rings. The largest absolute Gasteiger partial charge is 0.497 e. The number of pyridine rings is 1. The maximum Gasteiger partial charge on any atom is 0.229 e.